The minimum atomic E-state index is 0.0440. The van der Waals surface area contributed by atoms with Crippen molar-refractivity contribution in [3.8, 4) is 0 Å². The standard InChI is InChI=1S/C21H22N2O2/c1-16(24)19-15-23(20-11-7-6-10-18(19)20)13-12-21(25)22(2)14-17-8-4-3-5-9-17/h3-11,15H,12-14H2,1-2H3. The van der Waals surface area contributed by atoms with E-state index in [9.17, 15) is 9.59 Å². The lowest BCUT2D eigenvalue weighted by atomic mass is 10.1. The highest BCUT2D eigenvalue weighted by atomic mass is 16.2. The van der Waals surface area contributed by atoms with E-state index in [-0.39, 0.29) is 11.7 Å². The van der Waals surface area contributed by atoms with Gasteiger partial charge in [-0.05, 0) is 18.6 Å². The second kappa shape index (κ2) is 7.34. The van der Waals surface area contributed by atoms with Gasteiger partial charge in [0.1, 0.15) is 0 Å². The molecule has 3 aromatic rings. The molecule has 0 bridgehead atoms. The molecule has 0 spiro atoms. The second-order valence-corrected chi connectivity index (χ2v) is 6.29. The molecule has 3 rings (SSSR count). The molecule has 0 saturated carbocycles. The number of rotatable bonds is 6. The molecule has 128 valence electrons. The Morgan fingerprint density at radius 2 is 1.68 bits per heavy atom. The van der Waals surface area contributed by atoms with E-state index in [1.54, 1.807) is 11.8 Å². The number of carbonyl (C=O) groups is 2. The predicted molar refractivity (Wildman–Crippen MR) is 99.5 cm³/mol. The zero-order valence-electron chi connectivity index (χ0n) is 14.6. The summed E-state index contributed by atoms with van der Waals surface area (Å²) < 4.78 is 2.00. The van der Waals surface area contributed by atoms with Crippen molar-refractivity contribution in [1.29, 1.82) is 0 Å². The van der Waals surface area contributed by atoms with Gasteiger partial charge in [0.05, 0.1) is 0 Å². The van der Waals surface area contributed by atoms with E-state index in [2.05, 4.69) is 0 Å². The van der Waals surface area contributed by atoms with Crippen molar-refractivity contribution >= 4 is 22.6 Å². The van der Waals surface area contributed by atoms with Crippen LogP contribution >= 0.6 is 0 Å². The Labute approximate surface area is 147 Å². The van der Waals surface area contributed by atoms with E-state index in [0.29, 0.717) is 25.1 Å². The Morgan fingerprint density at radius 3 is 2.40 bits per heavy atom. The van der Waals surface area contributed by atoms with Gasteiger partial charge >= 0.3 is 0 Å². The van der Waals surface area contributed by atoms with Crippen LogP contribution in [-0.4, -0.2) is 28.2 Å². The molecule has 2 aromatic carbocycles. The van der Waals surface area contributed by atoms with Gasteiger partial charge in [-0.1, -0.05) is 48.5 Å². The van der Waals surface area contributed by atoms with Crippen molar-refractivity contribution in [3.63, 3.8) is 0 Å². The van der Waals surface area contributed by atoms with Crippen LogP contribution in [0, 0.1) is 0 Å². The topological polar surface area (TPSA) is 42.3 Å². The summed E-state index contributed by atoms with van der Waals surface area (Å²) in [4.78, 5) is 26.0. The van der Waals surface area contributed by atoms with Gasteiger partial charge in [-0.15, -0.1) is 0 Å². The number of Topliss-reactive ketones (excluding diaryl/α,β-unsaturated/α-hetero) is 1. The molecule has 0 saturated heterocycles. The van der Waals surface area contributed by atoms with E-state index >= 15 is 0 Å². The maximum absolute atomic E-state index is 12.4. The first kappa shape index (κ1) is 17.0. The third-order valence-corrected chi connectivity index (χ3v) is 4.42. The summed E-state index contributed by atoms with van der Waals surface area (Å²) in [6.07, 6.45) is 2.26. The van der Waals surface area contributed by atoms with Crippen molar-refractivity contribution in [1.82, 2.24) is 9.47 Å². The average Bonchev–Trinajstić information content (AvgIpc) is 2.99. The van der Waals surface area contributed by atoms with Gasteiger partial charge in [0.2, 0.25) is 5.91 Å². The molecule has 4 heteroatoms. The fourth-order valence-corrected chi connectivity index (χ4v) is 3.06. The molecule has 25 heavy (non-hydrogen) atoms. The van der Waals surface area contributed by atoms with E-state index in [0.717, 1.165) is 16.5 Å². The Hall–Kier alpha value is -2.88. The molecule has 0 atom stereocenters. The summed E-state index contributed by atoms with van der Waals surface area (Å²) in [5.74, 6) is 0.133. The summed E-state index contributed by atoms with van der Waals surface area (Å²) in [5.41, 5.74) is 2.82. The van der Waals surface area contributed by atoms with Crippen LogP contribution < -0.4 is 0 Å². The molecule has 0 unspecified atom stereocenters. The van der Waals surface area contributed by atoms with Crippen LogP contribution in [0.5, 0.6) is 0 Å². The summed E-state index contributed by atoms with van der Waals surface area (Å²) in [6, 6.07) is 17.8. The average molecular weight is 334 g/mol. The fraction of sp³-hybridized carbons (Fsp3) is 0.238. The first-order valence-corrected chi connectivity index (χ1v) is 8.43. The third kappa shape index (κ3) is 3.79. The molecule has 0 aliphatic heterocycles. The Balaban J connectivity index is 1.70. The zero-order chi connectivity index (χ0) is 17.8. The lowest BCUT2D eigenvalue weighted by molar-refractivity contribution is -0.130. The van der Waals surface area contributed by atoms with Crippen LogP contribution in [0.2, 0.25) is 0 Å². The Kier molecular flexibility index (Phi) is 4.98. The molecular weight excluding hydrogens is 312 g/mol. The highest BCUT2D eigenvalue weighted by Gasteiger charge is 2.14. The van der Waals surface area contributed by atoms with Gasteiger partial charge in [0.15, 0.2) is 5.78 Å². The predicted octanol–water partition coefficient (Wildman–Crippen LogP) is 3.89. The first-order valence-electron chi connectivity index (χ1n) is 8.43. The van der Waals surface area contributed by atoms with Crippen LogP contribution in [0.3, 0.4) is 0 Å². The quantitative estimate of drug-likeness (QED) is 0.642. The van der Waals surface area contributed by atoms with Gasteiger partial charge < -0.3 is 9.47 Å². The Bertz CT molecular complexity index is 897. The number of para-hydroxylation sites is 1. The molecule has 0 N–H and O–H groups in total. The van der Waals surface area contributed by atoms with Crippen LogP contribution in [0.4, 0.5) is 0 Å². The second-order valence-electron chi connectivity index (χ2n) is 6.29. The maximum atomic E-state index is 12.4. The van der Waals surface area contributed by atoms with Gasteiger partial charge in [0.25, 0.3) is 0 Å². The van der Waals surface area contributed by atoms with Crippen LogP contribution in [-0.2, 0) is 17.9 Å². The van der Waals surface area contributed by atoms with Crippen molar-refractivity contribution in [3.05, 3.63) is 71.9 Å². The minimum absolute atomic E-state index is 0.0440. The van der Waals surface area contributed by atoms with Gasteiger partial charge in [-0.25, -0.2) is 0 Å². The molecule has 1 aromatic heterocycles. The first-order chi connectivity index (χ1) is 12.1. The summed E-state index contributed by atoms with van der Waals surface area (Å²) in [6.45, 7) is 2.74. The number of carbonyl (C=O) groups excluding carboxylic acids is 2. The van der Waals surface area contributed by atoms with Gasteiger partial charge in [-0.3, -0.25) is 9.59 Å². The molecular formula is C21H22N2O2. The fourth-order valence-electron chi connectivity index (χ4n) is 3.06. The number of hydrogen-bond acceptors (Lipinski definition) is 2. The van der Waals surface area contributed by atoms with Gasteiger partial charge in [-0.2, -0.15) is 0 Å². The highest BCUT2D eigenvalue weighted by Crippen LogP contribution is 2.22. The van der Waals surface area contributed by atoms with Gasteiger partial charge in [0, 0.05) is 49.2 Å². The zero-order valence-corrected chi connectivity index (χ0v) is 14.6. The molecule has 0 fully saturated rings. The van der Waals surface area contributed by atoms with E-state index in [1.165, 1.54) is 0 Å². The Morgan fingerprint density at radius 1 is 1.00 bits per heavy atom. The number of aromatic nitrogens is 1. The van der Waals surface area contributed by atoms with Crippen molar-refractivity contribution in [2.45, 2.75) is 26.4 Å². The molecule has 0 radical (unpaired) electrons. The lowest BCUT2D eigenvalue weighted by Crippen LogP contribution is -2.27. The molecule has 1 heterocycles. The van der Waals surface area contributed by atoms with E-state index in [1.807, 2.05) is 72.4 Å². The molecule has 4 nitrogen and oxygen atoms in total. The summed E-state index contributed by atoms with van der Waals surface area (Å²) in [5, 5.41) is 0.945. The van der Waals surface area contributed by atoms with E-state index < -0.39 is 0 Å². The smallest absolute Gasteiger partial charge is 0.224 e. The molecule has 1 amide bonds. The number of ketones is 1. The van der Waals surface area contributed by atoms with Crippen LogP contribution in [0.25, 0.3) is 10.9 Å². The number of hydrogen-bond donors (Lipinski definition) is 0. The largest absolute Gasteiger partial charge is 0.346 e. The summed E-state index contributed by atoms with van der Waals surface area (Å²) >= 11 is 0. The highest BCUT2D eigenvalue weighted by molar-refractivity contribution is 6.06. The maximum Gasteiger partial charge on any atom is 0.224 e. The van der Waals surface area contributed by atoms with E-state index in [4.69, 9.17) is 0 Å². The number of nitrogens with zero attached hydrogens (tertiary/aromatic N) is 2. The van der Waals surface area contributed by atoms with Crippen LogP contribution in [0.15, 0.2) is 60.8 Å². The minimum Gasteiger partial charge on any atom is -0.346 e. The summed E-state index contributed by atoms with van der Waals surface area (Å²) in [7, 11) is 1.82. The number of benzene rings is 2. The van der Waals surface area contributed by atoms with Crippen molar-refractivity contribution < 1.29 is 9.59 Å². The monoisotopic (exact) mass is 334 g/mol. The van der Waals surface area contributed by atoms with Crippen LogP contribution in [0.1, 0.15) is 29.3 Å². The number of fused-ring (bicyclic) bond motifs is 1. The molecule has 0 aliphatic rings. The SMILES string of the molecule is CC(=O)c1cn(CCC(=O)N(C)Cc2ccccc2)c2ccccc12. The van der Waals surface area contributed by atoms with Crippen molar-refractivity contribution in [2.75, 3.05) is 7.05 Å². The number of amides is 1. The third-order valence-electron chi connectivity index (χ3n) is 4.42. The molecule has 0 aliphatic carbocycles. The normalized spacial score (nSPS) is 10.8. The lowest BCUT2D eigenvalue weighted by Gasteiger charge is -2.17. The van der Waals surface area contributed by atoms with Crippen molar-refractivity contribution in [2.24, 2.45) is 0 Å². The number of aryl methyl sites for hydroxylation is 1.